The van der Waals surface area contributed by atoms with Gasteiger partial charge in [0.2, 0.25) is 5.91 Å². The van der Waals surface area contributed by atoms with Crippen LogP contribution in [-0.4, -0.2) is 67.8 Å². The Labute approximate surface area is 306 Å². The number of piperidine rings is 1. The number of aromatic amines is 1. The SMILES string of the molecule is CC(=O)O.CC1CNC(=O)c2cc(-c3cccc4ccc(Cl)nc34)[nH]c21.N.O=C(CBr)c1cccc2ccc(Cl)nc12.O=C1CCNC(=O)C1. The molecule has 262 valence electrons. The lowest BCUT2D eigenvalue weighted by Gasteiger charge is -2.18. The number of alkyl halides is 1. The second kappa shape index (κ2) is 18.3. The molecule has 5 aromatic rings. The minimum atomic E-state index is -0.833. The van der Waals surface area contributed by atoms with Crippen molar-refractivity contribution in [1.82, 2.24) is 31.7 Å². The summed E-state index contributed by atoms with van der Waals surface area (Å²) in [4.78, 5) is 65.4. The van der Waals surface area contributed by atoms with Crippen molar-refractivity contribution in [2.24, 2.45) is 0 Å². The highest BCUT2D eigenvalue weighted by Gasteiger charge is 2.25. The summed E-state index contributed by atoms with van der Waals surface area (Å²) in [5.74, 6) is -0.667. The van der Waals surface area contributed by atoms with E-state index in [0.717, 1.165) is 40.2 Å². The zero-order valence-corrected chi connectivity index (χ0v) is 30.3. The molecular weight excluding hydrogens is 751 g/mol. The van der Waals surface area contributed by atoms with E-state index < -0.39 is 5.97 Å². The van der Waals surface area contributed by atoms with E-state index in [1.807, 2.05) is 48.5 Å². The van der Waals surface area contributed by atoms with Crippen LogP contribution in [0.5, 0.6) is 0 Å². The molecule has 15 heteroatoms. The topological polar surface area (TPSA) is 206 Å². The number of carboxylic acids is 1. The molecule has 2 amide bonds. The molecule has 12 nitrogen and oxygen atoms in total. The highest BCUT2D eigenvalue weighted by Crippen LogP contribution is 2.32. The third-order valence-electron chi connectivity index (χ3n) is 7.32. The van der Waals surface area contributed by atoms with Gasteiger partial charge < -0.3 is 26.9 Å². The molecule has 1 atom stereocenters. The number of H-pyrrole nitrogens is 1. The van der Waals surface area contributed by atoms with Gasteiger partial charge in [-0.1, -0.05) is 76.4 Å². The van der Waals surface area contributed by atoms with E-state index in [2.05, 4.69) is 48.4 Å². The molecule has 50 heavy (non-hydrogen) atoms. The second-order valence-electron chi connectivity index (χ2n) is 11.0. The van der Waals surface area contributed by atoms with E-state index in [1.54, 1.807) is 18.2 Å². The third-order valence-corrected chi connectivity index (χ3v) is 8.25. The van der Waals surface area contributed by atoms with Crippen LogP contribution < -0.4 is 16.8 Å². The van der Waals surface area contributed by atoms with Crippen molar-refractivity contribution in [3.8, 4) is 11.3 Å². The van der Waals surface area contributed by atoms with Gasteiger partial charge >= 0.3 is 0 Å². The van der Waals surface area contributed by atoms with Gasteiger partial charge in [-0.05, 0) is 36.4 Å². The van der Waals surface area contributed by atoms with Crippen molar-refractivity contribution in [1.29, 1.82) is 0 Å². The maximum atomic E-state index is 12.0. The van der Waals surface area contributed by atoms with Crippen LogP contribution in [0.3, 0.4) is 0 Å². The van der Waals surface area contributed by atoms with E-state index in [1.165, 1.54) is 0 Å². The highest BCUT2D eigenvalue weighted by atomic mass is 79.9. The lowest BCUT2D eigenvalue weighted by atomic mass is 9.99. The Kier molecular flexibility index (Phi) is 14.6. The van der Waals surface area contributed by atoms with Gasteiger partial charge in [0.05, 0.1) is 28.3 Å². The van der Waals surface area contributed by atoms with E-state index in [4.69, 9.17) is 33.1 Å². The minimum absolute atomic E-state index is 0. The number of amides is 2. The van der Waals surface area contributed by atoms with Gasteiger partial charge in [-0.2, -0.15) is 0 Å². The zero-order valence-electron chi connectivity index (χ0n) is 27.2. The fourth-order valence-electron chi connectivity index (χ4n) is 5.07. The highest BCUT2D eigenvalue weighted by molar-refractivity contribution is 9.09. The molecular formula is C35H35BrCl2N6O6. The first-order valence-corrected chi connectivity index (χ1v) is 16.9. The van der Waals surface area contributed by atoms with Gasteiger partial charge in [-0.15, -0.1) is 0 Å². The number of nitrogens with zero attached hydrogens (tertiary/aromatic N) is 2. The molecule has 0 radical (unpaired) electrons. The van der Waals surface area contributed by atoms with Crippen molar-refractivity contribution in [3.05, 3.63) is 93.9 Å². The molecule has 1 saturated heterocycles. The molecule has 7 N–H and O–H groups in total. The maximum Gasteiger partial charge on any atom is 0.300 e. The van der Waals surface area contributed by atoms with Gasteiger partial charge in [0, 0.05) is 65.6 Å². The summed E-state index contributed by atoms with van der Waals surface area (Å²) in [7, 11) is 0. The second-order valence-corrected chi connectivity index (χ2v) is 12.4. The molecule has 2 aliphatic heterocycles. The lowest BCUT2D eigenvalue weighted by molar-refractivity contribution is -0.134. The number of carbonyl (C=O) groups excluding carboxylic acids is 4. The van der Waals surface area contributed by atoms with Crippen LogP contribution in [0.4, 0.5) is 0 Å². The Morgan fingerprint density at radius 3 is 2.06 bits per heavy atom. The molecule has 3 aromatic heterocycles. The van der Waals surface area contributed by atoms with E-state index in [-0.39, 0.29) is 41.9 Å². The largest absolute Gasteiger partial charge is 0.481 e. The van der Waals surface area contributed by atoms with Crippen molar-refractivity contribution < 1.29 is 29.1 Å². The number of hydrogen-bond acceptors (Lipinski definition) is 8. The van der Waals surface area contributed by atoms with Gasteiger partial charge in [-0.25, -0.2) is 9.97 Å². The van der Waals surface area contributed by atoms with E-state index >= 15 is 0 Å². The van der Waals surface area contributed by atoms with Crippen LogP contribution in [0.15, 0.2) is 66.7 Å². The van der Waals surface area contributed by atoms with Crippen LogP contribution in [-0.2, 0) is 14.4 Å². The van der Waals surface area contributed by atoms with Crippen molar-refractivity contribution >= 4 is 90.3 Å². The normalized spacial score (nSPS) is 14.6. The Bertz CT molecular complexity index is 2040. The number of para-hydroxylation sites is 2. The van der Waals surface area contributed by atoms with Gasteiger partial charge in [0.1, 0.15) is 16.1 Å². The average Bonchev–Trinajstić information content (AvgIpc) is 3.53. The molecule has 2 aromatic carbocycles. The third kappa shape index (κ3) is 10.4. The molecule has 0 spiro atoms. The van der Waals surface area contributed by atoms with Gasteiger partial charge in [0.25, 0.3) is 11.9 Å². The van der Waals surface area contributed by atoms with Crippen LogP contribution in [0, 0.1) is 0 Å². The van der Waals surface area contributed by atoms with Gasteiger partial charge in [-0.3, -0.25) is 24.0 Å². The Hall–Kier alpha value is -4.69. The number of nitrogens with one attached hydrogen (secondary N) is 3. The number of carbonyl (C=O) groups is 5. The summed E-state index contributed by atoms with van der Waals surface area (Å²) >= 11 is 15.0. The number of aromatic nitrogens is 3. The standard InChI is InChI=1S/C17H14ClN3O.C11H7BrClNO.C5H7NO2.C2H4O2.H3N/c1-9-8-19-17(22)12-7-13(20-15(9)12)11-4-2-3-10-5-6-14(18)21-16(10)11;12-6-9(15)8-3-1-2-7-4-5-10(13)14-11(7)8;7-4-1-2-6-5(8)3-4;1-2(3)4;/h2-7,9,20H,8H2,1H3,(H,19,22);1-5H,6H2;1-3H2,(H,6,8);1H3,(H,3,4);1H3. The zero-order chi connectivity index (χ0) is 35.7. The minimum Gasteiger partial charge on any atom is -0.481 e. The van der Waals surface area contributed by atoms with Crippen molar-refractivity contribution in [3.63, 3.8) is 0 Å². The number of ketones is 2. The van der Waals surface area contributed by atoms with Gasteiger partial charge in [0.15, 0.2) is 5.78 Å². The Balaban J connectivity index is 0.000000209. The molecule has 2 aliphatic rings. The lowest BCUT2D eigenvalue weighted by Crippen LogP contribution is -2.33. The summed E-state index contributed by atoms with van der Waals surface area (Å²) in [5.41, 5.74) is 5.65. The van der Waals surface area contributed by atoms with Crippen LogP contribution in [0.2, 0.25) is 10.3 Å². The fraction of sp³-hybridized carbons (Fsp3) is 0.229. The Morgan fingerprint density at radius 1 is 0.900 bits per heavy atom. The van der Waals surface area contributed by atoms with E-state index in [9.17, 15) is 19.2 Å². The van der Waals surface area contributed by atoms with Crippen LogP contribution in [0.25, 0.3) is 33.1 Å². The molecule has 1 unspecified atom stereocenters. The Morgan fingerprint density at radius 2 is 1.50 bits per heavy atom. The first kappa shape index (κ1) is 39.7. The maximum absolute atomic E-state index is 12.0. The fourth-order valence-corrected chi connectivity index (χ4v) is 5.66. The number of aliphatic carboxylic acids is 1. The smallest absolute Gasteiger partial charge is 0.300 e. The van der Waals surface area contributed by atoms with Crippen LogP contribution >= 0.6 is 39.1 Å². The number of halogens is 3. The summed E-state index contributed by atoms with van der Waals surface area (Å²) < 4.78 is 0. The number of benzene rings is 2. The first-order chi connectivity index (χ1) is 23.4. The monoisotopic (exact) mass is 784 g/mol. The summed E-state index contributed by atoms with van der Waals surface area (Å²) in [6.45, 7) is 4.36. The summed E-state index contributed by atoms with van der Waals surface area (Å²) in [6.07, 6.45) is 0.589. The predicted molar refractivity (Wildman–Crippen MR) is 198 cm³/mol. The summed E-state index contributed by atoms with van der Waals surface area (Å²) in [5, 5.41) is 16.0. The van der Waals surface area contributed by atoms with Crippen molar-refractivity contribution in [2.45, 2.75) is 32.6 Å². The number of carboxylic acid groups (broad SMARTS) is 1. The number of rotatable bonds is 3. The quantitative estimate of drug-likeness (QED) is 0.0557. The van der Waals surface area contributed by atoms with Crippen molar-refractivity contribution in [2.75, 3.05) is 18.4 Å². The molecule has 1 fully saturated rings. The predicted octanol–water partition coefficient (Wildman–Crippen LogP) is 6.91. The number of fused-ring (bicyclic) bond motifs is 3. The molecule has 0 aliphatic carbocycles. The average molecular weight is 787 g/mol. The van der Waals surface area contributed by atoms with Crippen LogP contribution in [0.1, 0.15) is 59.0 Å². The molecule has 0 bridgehead atoms. The van der Waals surface area contributed by atoms with E-state index in [0.29, 0.717) is 51.8 Å². The number of hydrogen-bond donors (Lipinski definition) is 5. The molecule has 0 saturated carbocycles. The summed E-state index contributed by atoms with van der Waals surface area (Å²) in [6, 6.07) is 20.7. The molecule has 7 rings (SSSR count). The number of Topliss-reactive ketones (excluding diaryl/α,β-unsaturated/α-hetero) is 2. The first-order valence-electron chi connectivity index (χ1n) is 15.1. The molecule has 5 heterocycles. The number of pyridine rings is 2.